The molecule has 32 heavy (non-hydrogen) atoms. The van der Waals surface area contributed by atoms with Crippen molar-refractivity contribution in [3.63, 3.8) is 0 Å². The minimum Gasteiger partial charge on any atom is -0.481 e. The van der Waals surface area contributed by atoms with Crippen LogP contribution >= 0.6 is 0 Å². The Morgan fingerprint density at radius 2 is 1.94 bits per heavy atom. The minimum absolute atomic E-state index is 0.0384. The van der Waals surface area contributed by atoms with Crippen LogP contribution < -0.4 is 5.32 Å². The Morgan fingerprint density at radius 1 is 1.16 bits per heavy atom. The topological polar surface area (TPSA) is 116 Å². The Balaban J connectivity index is 1.43. The lowest BCUT2D eigenvalue weighted by Crippen LogP contribution is -2.58. The van der Waals surface area contributed by atoms with Crippen LogP contribution in [-0.2, 0) is 4.79 Å². The van der Waals surface area contributed by atoms with E-state index in [9.17, 15) is 28.6 Å². The van der Waals surface area contributed by atoms with E-state index in [-0.39, 0.29) is 29.6 Å². The normalized spacial score (nSPS) is 26.6. The summed E-state index contributed by atoms with van der Waals surface area (Å²) in [5.41, 5.74) is -0.168. The van der Waals surface area contributed by atoms with Crippen molar-refractivity contribution >= 4 is 11.9 Å². The number of carbonyl (C=O) groups excluding carboxylic acids is 1. The van der Waals surface area contributed by atoms with Crippen molar-refractivity contribution in [1.82, 2.24) is 15.4 Å². The van der Waals surface area contributed by atoms with Gasteiger partial charge in [0.2, 0.25) is 0 Å². The summed E-state index contributed by atoms with van der Waals surface area (Å²) in [7, 11) is 0. The molecular formula is C22H25F2N3O5. The second kappa shape index (κ2) is 9.33. The van der Waals surface area contributed by atoms with Crippen LogP contribution in [0.4, 0.5) is 8.78 Å². The first-order valence-corrected chi connectivity index (χ1v) is 10.7. The largest absolute Gasteiger partial charge is 0.481 e. The summed E-state index contributed by atoms with van der Waals surface area (Å²) in [6.45, 7) is 0.786. The van der Waals surface area contributed by atoms with E-state index in [0.717, 1.165) is 25.3 Å². The number of halogens is 2. The van der Waals surface area contributed by atoms with Crippen molar-refractivity contribution in [1.29, 1.82) is 0 Å². The van der Waals surface area contributed by atoms with Gasteiger partial charge in [0, 0.05) is 37.3 Å². The molecule has 2 unspecified atom stereocenters. The highest BCUT2D eigenvalue weighted by Gasteiger charge is 2.40. The number of rotatable bonds is 5. The molecule has 0 spiro atoms. The zero-order valence-corrected chi connectivity index (χ0v) is 17.3. The fraction of sp³-hybridized carbons (Fsp3) is 0.500. The molecule has 10 heteroatoms. The molecule has 1 aromatic heterocycles. The zero-order chi connectivity index (χ0) is 22.8. The number of carbonyl (C=O) groups is 2. The number of aliphatic hydroxyl groups is 1. The van der Waals surface area contributed by atoms with Gasteiger partial charge >= 0.3 is 5.97 Å². The second-order valence-electron chi connectivity index (χ2n) is 8.43. The maximum Gasteiger partial charge on any atom is 0.309 e. The lowest BCUT2D eigenvalue weighted by molar-refractivity contribution is -0.145. The molecule has 2 aromatic rings. The van der Waals surface area contributed by atoms with Gasteiger partial charge in [-0.05, 0) is 31.4 Å². The van der Waals surface area contributed by atoms with Crippen LogP contribution in [0.5, 0.6) is 0 Å². The summed E-state index contributed by atoms with van der Waals surface area (Å²) in [5.74, 6) is -4.14. The van der Waals surface area contributed by atoms with Gasteiger partial charge in [-0.15, -0.1) is 0 Å². The van der Waals surface area contributed by atoms with Crippen molar-refractivity contribution in [2.24, 2.45) is 5.92 Å². The van der Waals surface area contributed by atoms with E-state index >= 15 is 0 Å². The molecule has 8 nitrogen and oxygen atoms in total. The SMILES string of the molecule is O=C(N[C@@H]1CCN(C2CCCCC2O)C[C@H]1C(=O)O)c1cc(-c2ccc(F)cc2F)on1. The summed E-state index contributed by atoms with van der Waals surface area (Å²) < 4.78 is 32.1. The highest BCUT2D eigenvalue weighted by Crippen LogP contribution is 2.29. The molecule has 4 rings (SSSR count). The van der Waals surface area contributed by atoms with Crippen LogP contribution in [0.15, 0.2) is 28.8 Å². The van der Waals surface area contributed by atoms with Gasteiger partial charge in [0.25, 0.3) is 5.91 Å². The fourth-order valence-corrected chi connectivity index (χ4v) is 4.66. The number of amides is 1. The van der Waals surface area contributed by atoms with Crippen molar-refractivity contribution < 1.29 is 33.1 Å². The average molecular weight is 449 g/mol. The average Bonchev–Trinajstić information content (AvgIpc) is 3.24. The van der Waals surface area contributed by atoms with Gasteiger partial charge < -0.3 is 20.1 Å². The fourth-order valence-electron chi connectivity index (χ4n) is 4.66. The molecule has 1 aliphatic carbocycles. The lowest BCUT2D eigenvalue weighted by atomic mass is 9.86. The van der Waals surface area contributed by atoms with Gasteiger partial charge in [-0.1, -0.05) is 18.0 Å². The number of aliphatic hydroxyl groups excluding tert-OH is 1. The predicted molar refractivity (Wildman–Crippen MR) is 109 cm³/mol. The zero-order valence-electron chi connectivity index (χ0n) is 17.3. The number of hydrogen-bond acceptors (Lipinski definition) is 6. The van der Waals surface area contributed by atoms with E-state index in [4.69, 9.17) is 4.52 Å². The minimum atomic E-state index is -1.03. The van der Waals surface area contributed by atoms with Gasteiger partial charge in [-0.2, -0.15) is 0 Å². The Bertz CT molecular complexity index is 998. The molecular weight excluding hydrogens is 424 g/mol. The maximum absolute atomic E-state index is 14.0. The Labute approximate surface area is 183 Å². The first-order chi connectivity index (χ1) is 15.3. The van der Waals surface area contributed by atoms with Gasteiger partial charge in [0.1, 0.15) is 11.6 Å². The van der Waals surface area contributed by atoms with E-state index in [1.54, 1.807) is 0 Å². The summed E-state index contributed by atoms with van der Waals surface area (Å²) in [6.07, 6.45) is 3.44. The number of carboxylic acid groups (broad SMARTS) is 1. The molecule has 3 N–H and O–H groups in total. The highest BCUT2D eigenvalue weighted by molar-refractivity contribution is 5.93. The number of likely N-dealkylation sites (tertiary alicyclic amines) is 1. The summed E-state index contributed by atoms with van der Waals surface area (Å²) in [4.78, 5) is 26.6. The molecule has 4 atom stereocenters. The van der Waals surface area contributed by atoms with Gasteiger partial charge in [-0.25, -0.2) is 8.78 Å². The van der Waals surface area contributed by atoms with Crippen LogP contribution in [0.25, 0.3) is 11.3 Å². The number of aromatic nitrogens is 1. The first-order valence-electron chi connectivity index (χ1n) is 10.7. The van der Waals surface area contributed by atoms with E-state index in [0.29, 0.717) is 25.5 Å². The van der Waals surface area contributed by atoms with Crippen molar-refractivity contribution in [2.75, 3.05) is 13.1 Å². The molecule has 172 valence electrons. The third kappa shape index (κ3) is 4.66. The summed E-state index contributed by atoms with van der Waals surface area (Å²) >= 11 is 0. The summed E-state index contributed by atoms with van der Waals surface area (Å²) in [6, 6.07) is 3.49. The smallest absolute Gasteiger partial charge is 0.309 e. The second-order valence-corrected chi connectivity index (χ2v) is 8.43. The van der Waals surface area contributed by atoms with Crippen molar-refractivity contribution in [3.05, 3.63) is 41.6 Å². The van der Waals surface area contributed by atoms with E-state index in [2.05, 4.69) is 10.5 Å². The Morgan fingerprint density at radius 3 is 2.66 bits per heavy atom. The molecule has 0 bridgehead atoms. The molecule has 1 aromatic carbocycles. The van der Waals surface area contributed by atoms with Gasteiger partial charge in [-0.3, -0.25) is 14.5 Å². The predicted octanol–water partition coefficient (Wildman–Crippen LogP) is 2.43. The number of benzene rings is 1. The number of carboxylic acids is 1. The monoisotopic (exact) mass is 449 g/mol. The van der Waals surface area contributed by atoms with E-state index in [1.807, 2.05) is 4.90 Å². The van der Waals surface area contributed by atoms with Crippen LogP contribution in [-0.4, -0.2) is 63.4 Å². The van der Waals surface area contributed by atoms with Crippen LogP contribution in [0, 0.1) is 17.6 Å². The van der Waals surface area contributed by atoms with Crippen LogP contribution in [0.1, 0.15) is 42.6 Å². The number of nitrogens with one attached hydrogen (secondary N) is 1. The molecule has 1 saturated heterocycles. The summed E-state index contributed by atoms with van der Waals surface area (Å²) in [5, 5.41) is 26.4. The Kier molecular flexibility index (Phi) is 6.52. The van der Waals surface area contributed by atoms with E-state index in [1.165, 1.54) is 12.1 Å². The molecule has 0 radical (unpaired) electrons. The lowest BCUT2D eigenvalue weighted by Gasteiger charge is -2.43. The molecule has 2 aliphatic rings. The highest BCUT2D eigenvalue weighted by atomic mass is 19.1. The van der Waals surface area contributed by atoms with E-state index < -0.39 is 41.6 Å². The third-order valence-corrected chi connectivity index (χ3v) is 6.38. The first kappa shape index (κ1) is 22.3. The standard InChI is InChI=1S/C22H25F2N3O5/c23-12-5-6-13(15(24)9-12)20-10-17(26-32-20)21(29)25-16-7-8-27(11-14(16)22(30)31)18-3-1-2-4-19(18)28/h5-6,9-10,14,16,18-19,28H,1-4,7-8,11H2,(H,25,29)(H,30,31)/t14-,16-,18?,19?/m1/s1. The molecule has 1 aliphatic heterocycles. The van der Waals surface area contributed by atoms with Crippen LogP contribution in [0.3, 0.4) is 0 Å². The number of piperidine rings is 1. The van der Waals surface area contributed by atoms with Gasteiger partial charge in [0.15, 0.2) is 11.5 Å². The molecule has 1 saturated carbocycles. The molecule has 2 fully saturated rings. The quantitative estimate of drug-likeness (QED) is 0.642. The van der Waals surface area contributed by atoms with Crippen molar-refractivity contribution in [2.45, 2.75) is 50.3 Å². The van der Waals surface area contributed by atoms with Crippen LogP contribution in [0.2, 0.25) is 0 Å². The maximum atomic E-state index is 14.0. The number of nitrogens with zero attached hydrogens (tertiary/aromatic N) is 2. The van der Waals surface area contributed by atoms with Gasteiger partial charge in [0.05, 0.1) is 17.6 Å². The number of aliphatic carboxylic acids is 1. The molecule has 1 amide bonds. The third-order valence-electron chi connectivity index (χ3n) is 6.38. The Hall–Kier alpha value is -2.85. The molecule has 2 heterocycles. The number of hydrogen-bond donors (Lipinski definition) is 3. The van der Waals surface area contributed by atoms with Crippen molar-refractivity contribution in [3.8, 4) is 11.3 Å².